The van der Waals surface area contributed by atoms with E-state index in [-0.39, 0.29) is 22.8 Å². The number of methoxy groups -OCH3 is 2. The van der Waals surface area contributed by atoms with Crippen LogP contribution in [0.25, 0.3) is 6.08 Å². The molecule has 0 aromatic heterocycles. The van der Waals surface area contributed by atoms with Gasteiger partial charge in [-0.3, -0.25) is 14.9 Å². The number of hydrogen-bond acceptors (Lipinski definition) is 7. The lowest BCUT2D eigenvalue weighted by molar-refractivity contribution is -0.122. The lowest BCUT2D eigenvalue weighted by atomic mass is 10.1. The molecule has 1 aliphatic rings. The van der Waals surface area contributed by atoms with E-state index in [9.17, 15) is 19.2 Å². The molecule has 0 bridgehead atoms. The van der Waals surface area contributed by atoms with Crippen molar-refractivity contribution in [1.29, 1.82) is 0 Å². The van der Waals surface area contributed by atoms with Crippen LogP contribution in [-0.2, 0) is 9.59 Å². The molecule has 1 heterocycles. The highest BCUT2D eigenvalue weighted by Crippen LogP contribution is 2.31. The first-order chi connectivity index (χ1) is 17.3. The van der Waals surface area contributed by atoms with Gasteiger partial charge in [0.05, 0.1) is 25.5 Å². The van der Waals surface area contributed by atoms with E-state index in [1.54, 1.807) is 24.3 Å². The Bertz CT molecular complexity index is 1380. The number of nitrogens with zero attached hydrogens (tertiary/aromatic N) is 1. The van der Waals surface area contributed by atoms with E-state index in [0.717, 1.165) is 4.90 Å². The number of nitrogens with one attached hydrogen (secondary N) is 1. The number of amides is 4. The number of ether oxygens (including phenoxy) is 3. The van der Waals surface area contributed by atoms with Crippen molar-refractivity contribution in [1.82, 2.24) is 5.32 Å². The molecule has 3 aromatic carbocycles. The highest BCUT2D eigenvalue weighted by Gasteiger charge is 2.36. The summed E-state index contributed by atoms with van der Waals surface area (Å²) >= 11 is 5.88. The van der Waals surface area contributed by atoms with Crippen LogP contribution in [0.3, 0.4) is 0 Å². The maximum atomic E-state index is 13.0. The Kier molecular flexibility index (Phi) is 7.03. The summed E-state index contributed by atoms with van der Waals surface area (Å²) in [6, 6.07) is 16.0. The summed E-state index contributed by atoms with van der Waals surface area (Å²) in [5, 5.41) is 2.58. The van der Waals surface area contributed by atoms with E-state index in [2.05, 4.69) is 5.32 Å². The standard InChI is InChI=1S/C26H19ClN2O7/c1-34-19-10-4-16(5-11-19)25(32)36-21-12-3-15(14-22(21)35-2)13-20-23(30)28-26(33)29(24(20)31)18-8-6-17(27)7-9-18/h3-14H,1-2H3,(H,28,30,33)/b20-13+. The van der Waals surface area contributed by atoms with Crippen molar-refractivity contribution in [2.45, 2.75) is 0 Å². The quantitative estimate of drug-likeness (QED) is 0.230. The minimum atomic E-state index is -0.872. The van der Waals surface area contributed by atoms with E-state index in [0.29, 0.717) is 21.9 Å². The second-order valence-electron chi connectivity index (χ2n) is 7.46. The number of carbonyl (C=O) groups is 4. The van der Waals surface area contributed by atoms with Gasteiger partial charge in [-0.25, -0.2) is 14.5 Å². The topological polar surface area (TPSA) is 111 Å². The van der Waals surface area contributed by atoms with Crippen molar-refractivity contribution >= 4 is 47.2 Å². The number of imide groups is 2. The van der Waals surface area contributed by atoms with Crippen molar-refractivity contribution < 1.29 is 33.4 Å². The zero-order chi connectivity index (χ0) is 25.8. The van der Waals surface area contributed by atoms with Crippen molar-refractivity contribution in [3.63, 3.8) is 0 Å². The number of hydrogen-bond donors (Lipinski definition) is 1. The van der Waals surface area contributed by atoms with E-state index in [4.69, 9.17) is 25.8 Å². The summed E-state index contributed by atoms with van der Waals surface area (Å²) in [4.78, 5) is 51.2. The van der Waals surface area contributed by atoms with Crippen molar-refractivity contribution in [2.75, 3.05) is 19.1 Å². The molecule has 0 radical (unpaired) electrons. The van der Waals surface area contributed by atoms with E-state index in [1.807, 2.05) is 0 Å². The Morgan fingerprint density at radius 3 is 2.22 bits per heavy atom. The highest BCUT2D eigenvalue weighted by atomic mass is 35.5. The zero-order valence-corrected chi connectivity index (χ0v) is 19.9. The van der Waals surface area contributed by atoms with Crippen LogP contribution in [0.15, 0.2) is 72.3 Å². The van der Waals surface area contributed by atoms with Gasteiger partial charge >= 0.3 is 12.0 Å². The second kappa shape index (κ2) is 10.3. The molecule has 182 valence electrons. The molecule has 1 N–H and O–H groups in total. The van der Waals surface area contributed by atoms with Crippen molar-refractivity contribution in [3.8, 4) is 17.2 Å². The van der Waals surface area contributed by atoms with Crippen LogP contribution in [0.2, 0.25) is 5.02 Å². The summed E-state index contributed by atoms with van der Waals surface area (Å²) in [5.41, 5.74) is 0.689. The molecule has 4 amide bonds. The van der Waals surface area contributed by atoms with Gasteiger partial charge in [-0.1, -0.05) is 17.7 Å². The molecule has 10 heteroatoms. The smallest absolute Gasteiger partial charge is 0.343 e. The van der Waals surface area contributed by atoms with E-state index in [1.165, 1.54) is 62.8 Å². The lowest BCUT2D eigenvalue weighted by Gasteiger charge is -2.26. The summed E-state index contributed by atoms with van der Waals surface area (Å²) in [7, 11) is 2.91. The van der Waals surface area contributed by atoms with Crippen LogP contribution in [0.5, 0.6) is 17.2 Å². The molecule has 0 spiro atoms. The number of anilines is 1. The average Bonchev–Trinajstić information content (AvgIpc) is 2.88. The van der Waals surface area contributed by atoms with Gasteiger partial charge in [-0.2, -0.15) is 0 Å². The minimum absolute atomic E-state index is 0.137. The third-order valence-electron chi connectivity index (χ3n) is 5.21. The first-order valence-electron chi connectivity index (χ1n) is 10.5. The summed E-state index contributed by atoms with van der Waals surface area (Å²) < 4.78 is 15.9. The Morgan fingerprint density at radius 2 is 1.58 bits per heavy atom. The predicted molar refractivity (Wildman–Crippen MR) is 131 cm³/mol. The normalized spacial score (nSPS) is 14.5. The second-order valence-corrected chi connectivity index (χ2v) is 7.90. The van der Waals surface area contributed by atoms with Gasteiger partial charge in [-0.05, 0) is 72.3 Å². The van der Waals surface area contributed by atoms with Crippen LogP contribution < -0.4 is 24.4 Å². The van der Waals surface area contributed by atoms with Crippen molar-refractivity contribution in [2.24, 2.45) is 0 Å². The molecule has 0 atom stereocenters. The van der Waals surface area contributed by atoms with Crippen LogP contribution >= 0.6 is 11.6 Å². The fourth-order valence-corrected chi connectivity index (χ4v) is 3.52. The molecule has 3 aromatic rings. The van der Waals surface area contributed by atoms with Crippen LogP contribution in [0.1, 0.15) is 15.9 Å². The molecule has 36 heavy (non-hydrogen) atoms. The number of carbonyl (C=O) groups excluding carboxylic acids is 4. The fourth-order valence-electron chi connectivity index (χ4n) is 3.39. The zero-order valence-electron chi connectivity index (χ0n) is 19.1. The molecule has 0 aliphatic carbocycles. The van der Waals surface area contributed by atoms with Gasteiger partial charge < -0.3 is 14.2 Å². The van der Waals surface area contributed by atoms with E-state index < -0.39 is 23.8 Å². The summed E-state index contributed by atoms with van der Waals surface area (Å²) in [6.07, 6.45) is 1.31. The number of rotatable bonds is 6. The lowest BCUT2D eigenvalue weighted by Crippen LogP contribution is -2.54. The number of esters is 1. The van der Waals surface area contributed by atoms with Gasteiger partial charge in [0.1, 0.15) is 11.3 Å². The molecular weight excluding hydrogens is 488 g/mol. The molecule has 1 saturated heterocycles. The molecule has 1 aliphatic heterocycles. The number of halogens is 1. The third-order valence-corrected chi connectivity index (χ3v) is 5.47. The number of urea groups is 1. The Hall–Kier alpha value is -4.63. The van der Waals surface area contributed by atoms with Crippen LogP contribution in [0, 0.1) is 0 Å². The maximum Gasteiger partial charge on any atom is 0.343 e. The SMILES string of the molecule is COc1ccc(C(=O)Oc2ccc(/C=C3\C(=O)NC(=O)N(c4ccc(Cl)cc4)C3=O)cc2OC)cc1. The van der Waals surface area contributed by atoms with Crippen LogP contribution in [-0.4, -0.2) is 38.0 Å². The molecule has 0 saturated carbocycles. The van der Waals surface area contributed by atoms with Gasteiger partial charge in [-0.15, -0.1) is 0 Å². The molecule has 1 fully saturated rings. The molecular formula is C26H19ClN2O7. The number of barbiturate groups is 1. The van der Waals surface area contributed by atoms with Gasteiger partial charge in [0.15, 0.2) is 11.5 Å². The monoisotopic (exact) mass is 506 g/mol. The van der Waals surface area contributed by atoms with Gasteiger partial charge in [0.25, 0.3) is 11.8 Å². The summed E-state index contributed by atoms with van der Waals surface area (Å²) in [5.74, 6) is -1.33. The molecule has 4 rings (SSSR count). The first kappa shape index (κ1) is 24.5. The fraction of sp³-hybridized carbons (Fsp3) is 0.0769. The molecule has 0 unspecified atom stereocenters. The number of benzene rings is 3. The Morgan fingerprint density at radius 1 is 0.889 bits per heavy atom. The first-order valence-corrected chi connectivity index (χ1v) is 10.9. The Labute approximate surface area is 210 Å². The highest BCUT2D eigenvalue weighted by molar-refractivity contribution is 6.39. The van der Waals surface area contributed by atoms with Crippen molar-refractivity contribution in [3.05, 3.63) is 88.5 Å². The minimum Gasteiger partial charge on any atom is -0.497 e. The predicted octanol–water partition coefficient (Wildman–Crippen LogP) is 4.24. The third kappa shape index (κ3) is 5.06. The van der Waals surface area contributed by atoms with Gasteiger partial charge in [0, 0.05) is 5.02 Å². The van der Waals surface area contributed by atoms with Crippen LogP contribution in [0.4, 0.5) is 10.5 Å². The Balaban J connectivity index is 1.59. The molecule has 9 nitrogen and oxygen atoms in total. The average molecular weight is 507 g/mol. The van der Waals surface area contributed by atoms with Gasteiger partial charge in [0.2, 0.25) is 0 Å². The summed E-state index contributed by atoms with van der Waals surface area (Å²) in [6.45, 7) is 0. The largest absolute Gasteiger partial charge is 0.497 e. The van der Waals surface area contributed by atoms with E-state index >= 15 is 0 Å². The maximum absolute atomic E-state index is 13.0.